The van der Waals surface area contributed by atoms with Crippen molar-refractivity contribution in [2.24, 2.45) is 0 Å². The van der Waals surface area contributed by atoms with E-state index in [9.17, 15) is 9.90 Å². The van der Waals surface area contributed by atoms with Crippen LogP contribution in [0, 0.1) is 11.8 Å². The summed E-state index contributed by atoms with van der Waals surface area (Å²) < 4.78 is 0. The van der Waals surface area contributed by atoms with Crippen LogP contribution >= 0.6 is 0 Å². The molecule has 0 amide bonds. The number of β-amino-alcohol motifs (C(OH)–C–C–N with tert-alkyl or cyclic N) is 1. The fraction of sp³-hybridized carbons (Fsp3) is 0.667. The summed E-state index contributed by atoms with van der Waals surface area (Å²) in [5, 5.41) is 18.1. The zero-order chi connectivity index (χ0) is 9.84. The smallest absolute Gasteiger partial charge is 0.321 e. The molecule has 2 atom stereocenters. The van der Waals surface area contributed by atoms with Gasteiger partial charge in [0.1, 0.15) is 6.04 Å². The van der Waals surface area contributed by atoms with Gasteiger partial charge in [0.2, 0.25) is 0 Å². The van der Waals surface area contributed by atoms with Crippen LogP contribution in [0.4, 0.5) is 0 Å². The van der Waals surface area contributed by atoms with Gasteiger partial charge in [-0.25, -0.2) is 0 Å². The fourth-order valence-electron chi connectivity index (χ4n) is 1.49. The molecule has 1 rings (SSSR count). The summed E-state index contributed by atoms with van der Waals surface area (Å²) in [4.78, 5) is 12.4. The molecule has 0 spiro atoms. The van der Waals surface area contributed by atoms with Gasteiger partial charge in [-0.05, 0) is 6.92 Å². The Morgan fingerprint density at radius 1 is 1.69 bits per heavy atom. The van der Waals surface area contributed by atoms with Crippen LogP contribution < -0.4 is 0 Å². The standard InChI is InChI=1S/C9H13NO3/c1-2-3-4-10-6-7(11)5-8(10)9(12)13/h7-8,11H,4-6H2,1H3,(H,12,13). The molecule has 1 fully saturated rings. The minimum absolute atomic E-state index is 0.306. The summed E-state index contributed by atoms with van der Waals surface area (Å²) in [5.41, 5.74) is 0. The molecule has 1 aliphatic rings. The molecule has 72 valence electrons. The summed E-state index contributed by atoms with van der Waals surface area (Å²) in [6.07, 6.45) is -0.222. The number of aliphatic hydroxyl groups is 1. The molecule has 2 N–H and O–H groups in total. The Morgan fingerprint density at radius 2 is 2.38 bits per heavy atom. The molecular weight excluding hydrogens is 170 g/mol. The lowest BCUT2D eigenvalue weighted by molar-refractivity contribution is -0.141. The normalized spacial score (nSPS) is 28.2. The first-order valence-electron chi connectivity index (χ1n) is 4.19. The maximum Gasteiger partial charge on any atom is 0.321 e. The number of aliphatic hydroxyl groups excluding tert-OH is 1. The molecule has 0 aromatic carbocycles. The van der Waals surface area contributed by atoms with Gasteiger partial charge < -0.3 is 10.2 Å². The molecule has 1 heterocycles. The van der Waals surface area contributed by atoms with Crippen LogP contribution in [0.5, 0.6) is 0 Å². The van der Waals surface area contributed by atoms with Crippen molar-refractivity contribution >= 4 is 5.97 Å². The first-order chi connectivity index (χ1) is 6.15. The van der Waals surface area contributed by atoms with Crippen LogP contribution in [-0.2, 0) is 4.79 Å². The van der Waals surface area contributed by atoms with Crippen molar-refractivity contribution in [1.82, 2.24) is 4.90 Å². The third kappa shape index (κ3) is 2.44. The average molecular weight is 183 g/mol. The monoisotopic (exact) mass is 183 g/mol. The number of likely N-dealkylation sites (tertiary alicyclic amines) is 1. The minimum Gasteiger partial charge on any atom is -0.480 e. The van der Waals surface area contributed by atoms with Gasteiger partial charge in [0.25, 0.3) is 0 Å². The highest BCUT2D eigenvalue weighted by molar-refractivity contribution is 5.74. The summed E-state index contributed by atoms with van der Waals surface area (Å²) in [6.45, 7) is 2.54. The van der Waals surface area contributed by atoms with E-state index in [2.05, 4.69) is 11.8 Å². The van der Waals surface area contributed by atoms with Crippen molar-refractivity contribution in [3.05, 3.63) is 0 Å². The van der Waals surface area contributed by atoms with E-state index in [1.54, 1.807) is 11.8 Å². The second kappa shape index (κ2) is 4.26. The lowest BCUT2D eigenvalue weighted by Gasteiger charge is -2.16. The van der Waals surface area contributed by atoms with E-state index in [0.717, 1.165) is 0 Å². The lowest BCUT2D eigenvalue weighted by atomic mass is 10.2. The number of hydrogen-bond acceptors (Lipinski definition) is 3. The van der Waals surface area contributed by atoms with Gasteiger partial charge in [-0.2, -0.15) is 0 Å². The fourth-order valence-corrected chi connectivity index (χ4v) is 1.49. The molecule has 2 unspecified atom stereocenters. The zero-order valence-electron chi connectivity index (χ0n) is 7.53. The molecule has 13 heavy (non-hydrogen) atoms. The van der Waals surface area contributed by atoms with Crippen LogP contribution in [-0.4, -0.2) is 46.3 Å². The number of carbonyl (C=O) groups is 1. The second-order valence-corrected chi connectivity index (χ2v) is 3.10. The highest BCUT2D eigenvalue weighted by Crippen LogP contribution is 2.16. The predicted octanol–water partition coefficient (Wildman–Crippen LogP) is -0.471. The number of aliphatic carboxylic acids is 1. The Kier molecular flexibility index (Phi) is 3.29. The Hall–Kier alpha value is -1.05. The van der Waals surface area contributed by atoms with Crippen molar-refractivity contribution in [1.29, 1.82) is 0 Å². The first-order valence-corrected chi connectivity index (χ1v) is 4.19. The molecule has 0 saturated carbocycles. The SMILES string of the molecule is CC#CCN1CC(O)CC1C(=O)O. The zero-order valence-corrected chi connectivity index (χ0v) is 7.53. The van der Waals surface area contributed by atoms with Gasteiger partial charge in [0.05, 0.1) is 12.6 Å². The summed E-state index contributed by atoms with van der Waals surface area (Å²) in [6, 6.07) is -0.573. The number of rotatable bonds is 2. The quantitative estimate of drug-likeness (QED) is 0.568. The number of hydrogen-bond donors (Lipinski definition) is 2. The molecule has 0 radical (unpaired) electrons. The number of carboxylic acid groups (broad SMARTS) is 1. The summed E-state index contributed by atoms with van der Waals surface area (Å²) >= 11 is 0. The predicted molar refractivity (Wildman–Crippen MR) is 47.1 cm³/mol. The maximum absolute atomic E-state index is 10.7. The molecule has 0 aliphatic carbocycles. The van der Waals surface area contributed by atoms with Crippen molar-refractivity contribution in [3.8, 4) is 11.8 Å². The van der Waals surface area contributed by atoms with Crippen LogP contribution in [0.15, 0.2) is 0 Å². The molecule has 0 bridgehead atoms. The van der Waals surface area contributed by atoms with Gasteiger partial charge in [-0.1, -0.05) is 5.92 Å². The van der Waals surface area contributed by atoms with Gasteiger partial charge in [0.15, 0.2) is 0 Å². The minimum atomic E-state index is -0.880. The van der Waals surface area contributed by atoms with Crippen LogP contribution in [0.25, 0.3) is 0 Å². The third-order valence-electron chi connectivity index (χ3n) is 2.13. The van der Waals surface area contributed by atoms with Gasteiger partial charge in [-0.3, -0.25) is 9.69 Å². The molecular formula is C9H13NO3. The van der Waals surface area contributed by atoms with E-state index in [1.165, 1.54) is 0 Å². The first kappa shape index (κ1) is 10.0. The largest absolute Gasteiger partial charge is 0.480 e. The molecule has 4 heteroatoms. The van der Waals surface area contributed by atoms with E-state index < -0.39 is 18.1 Å². The van der Waals surface area contributed by atoms with Gasteiger partial charge >= 0.3 is 5.97 Å². The van der Waals surface area contributed by atoms with E-state index >= 15 is 0 Å². The highest BCUT2D eigenvalue weighted by Gasteiger charge is 2.35. The summed E-state index contributed by atoms with van der Waals surface area (Å²) in [5.74, 6) is 4.62. The van der Waals surface area contributed by atoms with Gasteiger partial charge in [0, 0.05) is 13.0 Å². The van der Waals surface area contributed by atoms with Crippen molar-refractivity contribution in [2.75, 3.05) is 13.1 Å². The topological polar surface area (TPSA) is 60.8 Å². The van der Waals surface area contributed by atoms with Crippen molar-refractivity contribution in [3.63, 3.8) is 0 Å². The van der Waals surface area contributed by atoms with E-state index in [4.69, 9.17) is 5.11 Å². The highest BCUT2D eigenvalue weighted by atomic mass is 16.4. The molecule has 0 aromatic rings. The van der Waals surface area contributed by atoms with Crippen LogP contribution in [0.2, 0.25) is 0 Å². The second-order valence-electron chi connectivity index (χ2n) is 3.10. The van der Waals surface area contributed by atoms with Crippen LogP contribution in [0.3, 0.4) is 0 Å². The molecule has 0 aromatic heterocycles. The number of carboxylic acids is 1. The summed E-state index contributed by atoms with van der Waals surface area (Å²) in [7, 11) is 0. The molecule has 1 aliphatic heterocycles. The van der Waals surface area contributed by atoms with E-state index in [1.807, 2.05) is 0 Å². The van der Waals surface area contributed by atoms with Gasteiger partial charge in [-0.15, -0.1) is 5.92 Å². The number of nitrogens with zero attached hydrogens (tertiary/aromatic N) is 1. The van der Waals surface area contributed by atoms with Crippen molar-refractivity contribution < 1.29 is 15.0 Å². The lowest BCUT2D eigenvalue weighted by Crippen LogP contribution is -2.36. The maximum atomic E-state index is 10.7. The Balaban J connectivity index is 2.58. The van der Waals surface area contributed by atoms with E-state index in [0.29, 0.717) is 19.5 Å². The third-order valence-corrected chi connectivity index (χ3v) is 2.13. The van der Waals surface area contributed by atoms with Crippen molar-refractivity contribution in [2.45, 2.75) is 25.5 Å². The average Bonchev–Trinajstić information content (AvgIpc) is 2.43. The Morgan fingerprint density at radius 3 is 2.92 bits per heavy atom. The Bertz CT molecular complexity index is 253. The molecule has 1 saturated heterocycles. The Labute approximate surface area is 77.2 Å². The molecule has 4 nitrogen and oxygen atoms in total. The van der Waals surface area contributed by atoms with Crippen LogP contribution in [0.1, 0.15) is 13.3 Å². The van der Waals surface area contributed by atoms with E-state index in [-0.39, 0.29) is 0 Å².